The van der Waals surface area contributed by atoms with Crippen molar-refractivity contribution in [2.75, 3.05) is 0 Å². The third-order valence-corrected chi connectivity index (χ3v) is 4.15. The number of rotatable bonds is 3. The first kappa shape index (κ1) is 10.2. The highest BCUT2D eigenvalue weighted by Gasteiger charge is 2.28. The zero-order valence-corrected chi connectivity index (χ0v) is 10.5. The molecule has 1 aliphatic rings. The lowest BCUT2D eigenvalue weighted by molar-refractivity contribution is 0.993. The second kappa shape index (κ2) is 3.78. The number of thiazole rings is 1. The van der Waals surface area contributed by atoms with Crippen LogP contribution in [0.25, 0.3) is 10.7 Å². The van der Waals surface area contributed by atoms with Crippen LogP contribution in [0.3, 0.4) is 0 Å². The van der Waals surface area contributed by atoms with Crippen molar-refractivity contribution in [2.45, 2.75) is 32.1 Å². The molecule has 16 heavy (non-hydrogen) atoms. The zero-order valence-electron chi connectivity index (χ0n) is 8.91. The number of hydrogen-bond donors (Lipinski definition) is 2. The van der Waals surface area contributed by atoms with Crippen molar-refractivity contribution in [3.63, 3.8) is 0 Å². The maximum atomic E-state index is 4.97. The van der Waals surface area contributed by atoms with Gasteiger partial charge in [0.15, 0.2) is 5.82 Å². The Balaban J connectivity index is 2.07. The highest BCUT2D eigenvalue weighted by molar-refractivity contribution is 7.71. The molecule has 0 amide bonds. The Kier molecular flexibility index (Phi) is 2.40. The van der Waals surface area contributed by atoms with Crippen molar-refractivity contribution in [1.82, 2.24) is 20.2 Å². The van der Waals surface area contributed by atoms with Crippen LogP contribution in [0.4, 0.5) is 0 Å². The Morgan fingerprint density at radius 2 is 2.19 bits per heavy atom. The molecule has 2 heterocycles. The largest absolute Gasteiger partial charge is 0.281 e. The second-order valence-electron chi connectivity index (χ2n) is 3.97. The van der Waals surface area contributed by atoms with E-state index in [0.717, 1.165) is 22.8 Å². The number of aromatic nitrogens is 4. The van der Waals surface area contributed by atoms with Crippen molar-refractivity contribution in [3.05, 3.63) is 15.5 Å². The molecule has 1 aliphatic carbocycles. The molecule has 2 N–H and O–H groups in total. The fourth-order valence-corrected chi connectivity index (χ4v) is 3.09. The van der Waals surface area contributed by atoms with Crippen LogP contribution in [0.1, 0.15) is 36.4 Å². The van der Waals surface area contributed by atoms with Crippen LogP contribution in [-0.2, 0) is 6.42 Å². The van der Waals surface area contributed by atoms with E-state index in [0.29, 0.717) is 10.7 Å². The molecule has 1 saturated carbocycles. The molecule has 1 fully saturated rings. The van der Waals surface area contributed by atoms with E-state index in [1.54, 1.807) is 11.3 Å². The summed E-state index contributed by atoms with van der Waals surface area (Å²) in [5.41, 5.74) is 1.13. The molecule has 0 bridgehead atoms. The Morgan fingerprint density at radius 3 is 2.75 bits per heavy atom. The fraction of sp³-hybridized carbons (Fsp3) is 0.500. The van der Waals surface area contributed by atoms with E-state index in [-0.39, 0.29) is 0 Å². The SMILES string of the molecule is CCc1nc(C2CC2)sc1-c1nc(=S)[nH][nH]1. The Hall–Kier alpha value is -1.01. The van der Waals surface area contributed by atoms with Gasteiger partial charge in [-0.15, -0.1) is 11.3 Å². The first-order valence-electron chi connectivity index (χ1n) is 5.42. The van der Waals surface area contributed by atoms with Crippen LogP contribution in [-0.4, -0.2) is 20.2 Å². The van der Waals surface area contributed by atoms with Gasteiger partial charge in [0.05, 0.1) is 15.6 Å². The molecule has 3 rings (SSSR count). The lowest BCUT2D eigenvalue weighted by Crippen LogP contribution is -1.86. The van der Waals surface area contributed by atoms with Crippen molar-refractivity contribution >= 4 is 23.6 Å². The predicted octanol–water partition coefficient (Wildman–Crippen LogP) is 3.03. The van der Waals surface area contributed by atoms with Gasteiger partial charge in [-0.1, -0.05) is 6.92 Å². The highest BCUT2D eigenvalue weighted by Crippen LogP contribution is 2.44. The minimum absolute atomic E-state index is 0.499. The molecule has 4 nitrogen and oxygen atoms in total. The lowest BCUT2D eigenvalue weighted by atomic mass is 10.3. The molecule has 0 aromatic carbocycles. The van der Waals surface area contributed by atoms with Gasteiger partial charge in [-0.25, -0.2) is 4.98 Å². The number of aromatic amines is 2. The van der Waals surface area contributed by atoms with Crippen LogP contribution in [0.15, 0.2) is 0 Å². The lowest BCUT2D eigenvalue weighted by Gasteiger charge is -1.92. The number of nitrogens with one attached hydrogen (secondary N) is 2. The number of aryl methyl sites for hydroxylation is 1. The summed E-state index contributed by atoms with van der Waals surface area (Å²) in [5, 5.41) is 7.09. The molecule has 0 spiro atoms. The number of nitrogens with zero attached hydrogens (tertiary/aromatic N) is 2. The third kappa shape index (κ3) is 1.72. The van der Waals surface area contributed by atoms with Gasteiger partial charge in [0.1, 0.15) is 0 Å². The average molecular weight is 252 g/mol. The quantitative estimate of drug-likeness (QED) is 0.825. The minimum Gasteiger partial charge on any atom is -0.281 e. The van der Waals surface area contributed by atoms with E-state index >= 15 is 0 Å². The monoisotopic (exact) mass is 252 g/mol. The van der Waals surface area contributed by atoms with Crippen molar-refractivity contribution in [2.24, 2.45) is 0 Å². The van der Waals surface area contributed by atoms with Crippen LogP contribution < -0.4 is 0 Å². The van der Waals surface area contributed by atoms with E-state index in [1.807, 2.05) is 0 Å². The minimum atomic E-state index is 0.499. The standard InChI is InChI=1S/C10H12N4S2/c1-2-6-7(8-12-10(15)14-13-8)16-9(11-6)5-3-4-5/h5H,2-4H2,1H3,(H2,12,13,14,15). The molecular formula is C10H12N4S2. The fourth-order valence-electron chi connectivity index (χ4n) is 1.68. The third-order valence-electron chi connectivity index (χ3n) is 2.69. The van der Waals surface area contributed by atoms with Crippen LogP contribution >= 0.6 is 23.6 Å². The molecular weight excluding hydrogens is 240 g/mol. The van der Waals surface area contributed by atoms with Gasteiger partial charge >= 0.3 is 0 Å². The van der Waals surface area contributed by atoms with Gasteiger partial charge in [-0.3, -0.25) is 10.2 Å². The molecule has 0 atom stereocenters. The van der Waals surface area contributed by atoms with E-state index < -0.39 is 0 Å². The van der Waals surface area contributed by atoms with E-state index in [1.165, 1.54) is 17.8 Å². The summed E-state index contributed by atoms with van der Waals surface area (Å²) in [5.74, 6) is 1.53. The molecule has 0 saturated heterocycles. The van der Waals surface area contributed by atoms with Crippen molar-refractivity contribution in [1.29, 1.82) is 0 Å². The first-order chi connectivity index (χ1) is 7.78. The summed E-state index contributed by atoms with van der Waals surface area (Å²) in [7, 11) is 0. The first-order valence-corrected chi connectivity index (χ1v) is 6.65. The van der Waals surface area contributed by atoms with E-state index in [2.05, 4.69) is 27.1 Å². The van der Waals surface area contributed by atoms with Crippen molar-refractivity contribution in [3.8, 4) is 10.7 Å². The summed E-state index contributed by atoms with van der Waals surface area (Å²) in [4.78, 5) is 10.1. The van der Waals surface area contributed by atoms with Gasteiger partial charge < -0.3 is 0 Å². The number of hydrogen-bond acceptors (Lipinski definition) is 4. The molecule has 84 valence electrons. The zero-order chi connectivity index (χ0) is 11.1. The topological polar surface area (TPSA) is 57.4 Å². The molecule has 0 unspecified atom stereocenters. The Bertz CT molecular complexity index is 561. The summed E-state index contributed by atoms with van der Waals surface area (Å²) in [6.45, 7) is 2.12. The summed E-state index contributed by atoms with van der Waals surface area (Å²) in [6, 6.07) is 0. The van der Waals surface area contributed by atoms with Gasteiger partial charge in [-0.2, -0.15) is 4.98 Å². The van der Waals surface area contributed by atoms with E-state index in [4.69, 9.17) is 12.2 Å². The van der Waals surface area contributed by atoms with Gasteiger partial charge in [0, 0.05) is 5.92 Å². The maximum Gasteiger partial charge on any atom is 0.213 e. The average Bonchev–Trinajstić information content (AvgIpc) is 2.89. The van der Waals surface area contributed by atoms with Gasteiger partial charge in [0.2, 0.25) is 4.77 Å². The Morgan fingerprint density at radius 1 is 1.38 bits per heavy atom. The molecule has 0 radical (unpaired) electrons. The van der Waals surface area contributed by atoms with Crippen LogP contribution in [0.5, 0.6) is 0 Å². The smallest absolute Gasteiger partial charge is 0.213 e. The highest BCUT2D eigenvalue weighted by atomic mass is 32.1. The maximum absolute atomic E-state index is 4.97. The van der Waals surface area contributed by atoms with Gasteiger partial charge in [-0.05, 0) is 31.5 Å². The molecule has 2 aromatic rings. The predicted molar refractivity (Wildman–Crippen MR) is 66.2 cm³/mol. The molecule has 2 aromatic heterocycles. The Labute approximate surface area is 102 Å². The molecule has 6 heteroatoms. The van der Waals surface area contributed by atoms with Crippen LogP contribution in [0.2, 0.25) is 0 Å². The van der Waals surface area contributed by atoms with Crippen LogP contribution in [0, 0.1) is 4.77 Å². The summed E-state index contributed by atoms with van der Waals surface area (Å²) in [6.07, 6.45) is 3.51. The molecule has 0 aliphatic heterocycles. The summed E-state index contributed by atoms with van der Waals surface area (Å²) < 4.78 is 0.499. The summed E-state index contributed by atoms with van der Waals surface area (Å²) >= 11 is 6.72. The van der Waals surface area contributed by atoms with Crippen molar-refractivity contribution < 1.29 is 0 Å². The second-order valence-corrected chi connectivity index (χ2v) is 5.39. The normalized spacial score (nSPS) is 15.6. The van der Waals surface area contributed by atoms with Gasteiger partial charge in [0.25, 0.3) is 0 Å². The van der Waals surface area contributed by atoms with E-state index in [9.17, 15) is 0 Å². The number of H-pyrrole nitrogens is 2.